The van der Waals surface area contributed by atoms with Crippen molar-refractivity contribution in [3.8, 4) is 0 Å². The average molecular weight is 199 g/mol. The van der Waals surface area contributed by atoms with Gasteiger partial charge in [0.25, 0.3) is 0 Å². The summed E-state index contributed by atoms with van der Waals surface area (Å²) in [5.41, 5.74) is 1.34. The van der Waals surface area contributed by atoms with Gasteiger partial charge in [0, 0.05) is 13.1 Å². The van der Waals surface area contributed by atoms with Crippen molar-refractivity contribution < 1.29 is 9.57 Å². The Morgan fingerprint density at radius 2 is 2.07 bits per heavy atom. The first-order valence-corrected chi connectivity index (χ1v) is 4.84. The maximum Gasteiger partial charge on any atom is 0.0750 e. The first kappa shape index (κ1) is 11.7. The lowest BCUT2D eigenvalue weighted by molar-refractivity contribution is -0.175. The average Bonchev–Trinajstić information content (AvgIpc) is 2.49. The fraction of sp³-hybridized carbons (Fsp3) is 0.818. The number of hydroxylamine groups is 2. The third-order valence-corrected chi connectivity index (χ3v) is 3.05. The summed E-state index contributed by atoms with van der Waals surface area (Å²) in [5, 5.41) is 2.00. The van der Waals surface area contributed by atoms with Gasteiger partial charge in [0.1, 0.15) is 0 Å². The van der Waals surface area contributed by atoms with Gasteiger partial charge in [-0.05, 0) is 24.8 Å². The largest absolute Gasteiger partial charge is 0.370 e. The van der Waals surface area contributed by atoms with Crippen LogP contribution in [0.5, 0.6) is 0 Å². The van der Waals surface area contributed by atoms with E-state index in [2.05, 4.69) is 6.58 Å². The van der Waals surface area contributed by atoms with Crippen molar-refractivity contribution in [1.29, 1.82) is 0 Å². The molecule has 2 heterocycles. The summed E-state index contributed by atoms with van der Waals surface area (Å²) in [7, 11) is 1.73. The number of rotatable bonds is 1. The van der Waals surface area contributed by atoms with Gasteiger partial charge in [0.2, 0.25) is 0 Å². The van der Waals surface area contributed by atoms with E-state index in [1.807, 2.05) is 5.06 Å². The van der Waals surface area contributed by atoms with E-state index in [9.17, 15) is 0 Å². The maximum atomic E-state index is 5.80. The summed E-state index contributed by atoms with van der Waals surface area (Å²) in [6.45, 7) is 6.68. The van der Waals surface area contributed by atoms with Crippen LogP contribution in [0.3, 0.4) is 0 Å². The summed E-state index contributed by atoms with van der Waals surface area (Å²) in [6, 6.07) is 0. The van der Waals surface area contributed by atoms with E-state index in [0.717, 1.165) is 39.0 Å². The normalized spacial score (nSPS) is 26.5. The molecule has 0 aliphatic carbocycles. The predicted octanol–water partition coefficient (Wildman–Crippen LogP) is 2.00. The highest BCUT2D eigenvalue weighted by atomic mass is 16.7. The lowest BCUT2D eigenvalue weighted by Gasteiger charge is -2.37. The fourth-order valence-electron chi connectivity index (χ4n) is 2.21. The van der Waals surface area contributed by atoms with E-state index in [-0.39, 0.29) is 13.0 Å². The molecule has 0 aromatic carbocycles. The van der Waals surface area contributed by atoms with Gasteiger partial charge in [-0.25, -0.2) is 0 Å². The number of hydrogen-bond acceptors (Lipinski definition) is 3. The molecule has 0 aromatic heterocycles. The summed E-state index contributed by atoms with van der Waals surface area (Å²) in [4.78, 5) is 5.18. The summed E-state index contributed by atoms with van der Waals surface area (Å²) in [6.07, 6.45) is 3.18. The van der Waals surface area contributed by atoms with E-state index < -0.39 is 0 Å². The van der Waals surface area contributed by atoms with Crippen molar-refractivity contribution in [2.75, 3.05) is 26.8 Å². The lowest BCUT2D eigenvalue weighted by atomic mass is 9.88. The van der Waals surface area contributed by atoms with Crippen molar-refractivity contribution in [3.05, 3.63) is 12.2 Å². The third kappa shape index (κ3) is 2.16. The van der Waals surface area contributed by atoms with E-state index in [1.54, 1.807) is 7.11 Å². The van der Waals surface area contributed by atoms with Gasteiger partial charge >= 0.3 is 0 Å². The molecule has 14 heavy (non-hydrogen) atoms. The molecule has 2 aliphatic rings. The molecule has 2 fully saturated rings. The first-order chi connectivity index (χ1) is 6.24. The highest BCUT2D eigenvalue weighted by Crippen LogP contribution is 2.37. The van der Waals surface area contributed by atoms with Crippen LogP contribution < -0.4 is 0 Å². The molecule has 0 aromatic rings. The van der Waals surface area contributed by atoms with Crippen LogP contribution in [0.4, 0.5) is 0 Å². The number of nitrogens with zero attached hydrogens (tertiary/aromatic N) is 1. The molecule has 0 atom stereocenters. The zero-order valence-electron chi connectivity index (χ0n) is 8.21. The Morgan fingerprint density at radius 3 is 2.50 bits per heavy atom. The Morgan fingerprint density at radius 1 is 1.43 bits per heavy atom. The van der Waals surface area contributed by atoms with Crippen molar-refractivity contribution in [3.63, 3.8) is 0 Å². The van der Waals surface area contributed by atoms with E-state index in [1.165, 1.54) is 5.57 Å². The topological polar surface area (TPSA) is 21.7 Å². The predicted molar refractivity (Wildman–Crippen MR) is 57.0 cm³/mol. The summed E-state index contributed by atoms with van der Waals surface area (Å²) < 4.78 is 5.80. The minimum Gasteiger partial charge on any atom is -0.370 e. The second-order valence-corrected chi connectivity index (χ2v) is 4.01. The van der Waals surface area contributed by atoms with Gasteiger partial charge in [0.15, 0.2) is 0 Å². The van der Waals surface area contributed by atoms with Gasteiger partial charge in [-0.1, -0.05) is 14.0 Å². The fourth-order valence-corrected chi connectivity index (χ4v) is 2.21. The molecule has 2 aliphatic heterocycles. The molecule has 1 spiro atoms. The second kappa shape index (κ2) is 4.43. The van der Waals surface area contributed by atoms with Crippen LogP contribution in [-0.4, -0.2) is 37.5 Å². The monoisotopic (exact) mass is 199 g/mol. The van der Waals surface area contributed by atoms with E-state index in [4.69, 9.17) is 9.57 Å². The molecular formula is C11H21NO2. The van der Waals surface area contributed by atoms with Gasteiger partial charge < -0.3 is 9.57 Å². The highest BCUT2D eigenvalue weighted by molar-refractivity contribution is 5.09. The zero-order chi connectivity index (χ0) is 9.31. The molecule has 0 radical (unpaired) electrons. The van der Waals surface area contributed by atoms with Crippen molar-refractivity contribution in [2.45, 2.75) is 32.3 Å². The van der Waals surface area contributed by atoms with Crippen LogP contribution in [0, 0.1) is 0 Å². The molecule has 3 heteroatoms. The minimum absolute atomic E-state index is 0. The van der Waals surface area contributed by atoms with Crippen LogP contribution in [-0.2, 0) is 9.57 Å². The summed E-state index contributed by atoms with van der Waals surface area (Å²) in [5.74, 6) is 0. The molecule has 0 amide bonds. The second-order valence-electron chi connectivity index (χ2n) is 4.01. The molecule has 0 N–H and O–H groups in total. The quantitative estimate of drug-likeness (QED) is 0.603. The van der Waals surface area contributed by atoms with E-state index in [0.29, 0.717) is 0 Å². The Bertz CT molecular complexity index is 207. The van der Waals surface area contributed by atoms with Crippen LogP contribution in [0.2, 0.25) is 0 Å². The minimum atomic E-state index is 0. The molecule has 0 bridgehead atoms. The van der Waals surface area contributed by atoms with Crippen LogP contribution >= 0.6 is 0 Å². The maximum absolute atomic E-state index is 5.80. The molecular weight excluding hydrogens is 178 g/mol. The van der Waals surface area contributed by atoms with Crippen LogP contribution in [0.1, 0.15) is 26.7 Å². The zero-order valence-corrected chi connectivity index (χ0v) is 8.21. The van der Waals surface area contributed by atoms with Gasteiger partial charge in [-0.3, -0.25) is 0 Å². The smallest absolute Gasteiger partial charge is 0.0750 e. The molecule has 0 unspecified atom stereocenters. The van der Waals surface area contributed by atoms with E-state index >= 15 is 0 Å². The molecule has 2 rings (SSSR count). The SMILES string of the molecule is C.C=C1COC2(CCN(OC)CC2)C1. The number of ether oxygens (including phenoxy) is 1. The summed E-state index contributed by atoms with van der Waals surface area (Å²) >= 11 is 0. The van der Waals surface area contributed by atoms with Crippen molar-refractivity contribution >= 4 is 0 Å². The van der Waals surface area contributed by atoms with Gasteiger partial charge in [-0.15, -0.1) is 0 Å². The van der Waals surface area contributed by atoms with Crippen LogP contribution in [0.15, 0.2) is 12.2 Å². The molecule has 82 valence electrons. The van der Waals surface area contributed by atoms with Crippen LogP contribution in [0.25, 0.3) is 0 Å². The van der Waals surface area contributed by atoms with Gasteiger partial charge in [0.05, 0.1) is 19.3 Å². The Labute approximate surface area is 86.6 Å². The van der Waals surface area contributed by atoms with Crippen molar-refractivity contribution in [2.24, 2.45) is 0 Å². The number of hydrogen-bond donors (Lipinski definition) is 0. The lowest BCUT2D eigenvalue weighted by Crippen LogP contribution is -2.43. The van der Waals surface area contributed by atoms with Crippen molar-refractivity contribution in [1.82, 2.24) is 5.06 Å². The third-order valence-electron chi connectivity index (χ3n) is 3.05. The highest BCUT2D eigenvalue weighted by Gasteiger charge is 2.39. The molecule has 2 saturated heterocycles. The van der Waals surface area contributed by atoms with Gasteiger partial charge in [-0.2, -0.15) is 5.06 Å². The first-order valence-electron chi connectivity index (χ1n) is 4.84. The Hall–Kier alpha value is -0.380. The number of piperidine rings is 1. The standard InChI is InChI=1S/C10H17NO2.CH4/c1-9-7-10(13-8-9)3-5-11(12-2)6-4-10;/h1,3-8H2,2H3;1H4. The Balaban J connectivity index is 0.000000980. The molecule has 0 saturated carbocycles. The Kier molecular flexibility index (Phi) is 3.70. The molecule has 3 nitrogen and oxygen atoms in total.